The molecule has 0 fully saturated rings. The molecule has 0 heterocycles. The zero-order valence-electron chi connectivity index (χ0n) is 4.64. The van der Waals surface area contributed by atoms with Gasteiger partial charge in [-0.1, -0.05) is 0 Å². The predicted molar refractivity (Wildman–Crippen MR) is 32.8 cm³/mol. The minimum Gasteiger partial charge on any atom is -0.633 e. The molecule has 0 amide bonds. The van der Waals surface area contributed by atoms with Gasteiger partial charge in [-0.25, -0.2) is 0 Å². The van der Waals surface area contributed by atoms with Crippen LogP contribution >= 0.6 is 0 Å². The molecule has 2 nitrogen and oxygen atoms in total. The molecule has 4 heteroatoms. The zero-order valence-corrected chi connectivity index (χ0v) is 5.46. The first-order chi connectivity index (χ1) is 3.31. The Morgan fingerprint density at radius 1 is 1.86 bits per heavy atom. The Balaban J connectivity index is 2.83. The summed E-state index contributed by atoms with van der Waals surface area (Å²) in [5.41, 5.74) is 0. The maximum atomic E-state index is 10.4. The van der Waals surface area contributed by atoms with E-state index in [9.17, 15) is 4.55 Å². The summed E-state index contributed by atoms with van der Waals surface area (Å²) in [6.45, 7) is 2.24. The van der Waals surface area contributed by atoms with E-state index >= 15 is 0 Å². The van der Waals surface area contributed by atoms with Gasteiger partial charge in [-0.15, -0.1) is 11.0 Å². The Hall–Kier alpha value is 0.335. The summed E-state index contributed by atoms with van der Waals surface area (Å²) in [5, 5.41) is 0. The second kappa shape index (κ2) is 4.49. The summed E-state index contributed by atoms with van der Waals surface area (Å²) in [4.78, 5) is 0. The monoisotopic (exact) mass is 120 g/mol. The summed E-state index contributed by atoms with van der Waals surface area (Å²) >= 11 is -0.749. The van der Waals surface area contributed by atoms with E-state index in [2.05, 4.69) is 4.65 Å². The maximum absolute atomic E-state index is 10.4. The lowest BCUT2D eigenvalue weighted by Gasteiger charge is -2.03. The second-order valence-electron chi connectivity index (χ2n) is 1.14. The van der Waals surface area contributed by atoms with Crippen LogP contribution < -0.4 is 0 Å². The van der Waals surface area contributed by atoms with Crippen LogP contribution in [-0.4, -0.2) is 24.2 Å². The molecule has 0 aliphatic heterocycles. The first-order valence-electron chi connectivity index (χ1n) is 2.15. The van der Waals surface area contributed by atoms with Gasteiger partial charge in [0.1, 0.15) is 0 Å². The van der Waals surface area contributed by atoms with Crippen molar-refractivity contribution in [3.63, 3.8) is 0 Å². The van der Waals surface area contributed by atoms with Crippen LogP contribution in [-0.2, 0) is 15.7 Å². The smallest absolute Gasteiger partial charge is 0.555 e. The van der Waals surface area contributed by atoms with Crippen molar-refractivity contribution >= 4 is 17.8 Å². The normalized spacial score (nSPS) is 13.6. The highest BCUT2D eigenvalue weighted by molar-refractivity contribution is 8.14. The van der Waals surface area contributed by atoms with Crippen LogP contribution in [0.1, 0.15) is 6.92 Å². The Bertz CT molecular complexity index is 43.9. The van der Waals surface area contributed by atoms with Crippen LogP contribution in [0.3, 0.4) is 0 Å². The van der Waals surface area contributed by atoms with Gasteiger partial charge in [0.05, 0.1) is 5.75 Å². The quantitative estimate of drug-likeness (QED) is 0.377. The lowest BCUT2D eigenvalue weighted by Crippen LogP contribution is -2.13. The maximum Gasteiger partial charge on any atom is 0.555 e. The highest BCUT2D eigenvalue weighted by Gasteiger charge is 2.03. The lowest BCUT2D eigenvalue weighted by molar-refractivity contribution is 0.451. The third-order valence-corrected chi connectivity index (χ3v) is 1.71. The van der Waals surface area contributed by atoms with Gasteiger partial charge in [-0.05, 0) is 6.92 Å². The van der Waals surface area contributed by atoms with Crippen LogP contribution in [0.4, 0.5) is 0 Å². The molecule has 0 aliphatic rings. The molecule has 0 saturated heterocycles. The molecule has 7 heavy (non-hydrogen) atoms. The zero-order chi connectivity index (χ0) is 5.70. The van der Waals surface area contributed by atoms with E-state index in [4.69, 9.17) is 0 Å². The molecule has 42 valence electrons. The van der Waals surface area contributed by atoms with Gasteiger partial charge in [-0.3, -0.25) is 0 Å². The van der Waals surface area contributed by atoms with E-state index in [0.717, 1.165) is 0 Å². The van der Waals surface area contributed by atoms with Crippen molar-refractivity contribution in [2.24, 2.45) is 0 Å². The molecule has 0 aliphatic carbocycles. The average molecular weight is 120 g/mol. The Morgan fingerprint density at radius 2 is 2.43 bits per heavy atom. The molecule has 0 rings (SSSR count). The number of hydrogen-bond donors (Lipinski definition) is 0. The van der Waals surface area contributed by atoms with Gasteiger partial charge in [0.2, 0.25) is 0 Å². The molecule has 0 spiro atoms. The SMILES string of the molecule is CC[S+]([O-])BOC. The third-order valence-electron chi connectivity index (χ3n) is 0.571. The molecular weight excluding hydrogens is 111 g/mol. The lowest BCUT2D eigenvalue weighted by atomic mass is 10.6. The summed E-state index contributed by atoms with van der Waals surface area (Å²) < 4.78 is 15.0. The summed E-state index contributed by atoms with van der Waals surface area (Å²) in [7, 11) is 1.55. The van der Waals surface area contributed by atoms with Crippen LogP contribution in [0.15, 0.2) is 0 Å². The van der Waals surface area contributed by atoms with Crippen molar-refractivity contribution in [3.8, 4) is 0 Å². The fourth-order valence-electron chi connectivity index (χ4n) is 0.215. The molecule has 0 aromatic rings. The van der Waals surface area contributed by atoms with Gasteiger partial charge in [-0.2, -0.15) is 0 Å². The molecule has 0 saturated carbocycles. The standard InChI is InChI=1S/C3H9BO2S/c1-3-7(5)4-6-2/h4H,3H2,1-2H3. The molecular formula is C3H9BO2S. The van der Waals surface area contributed by atoms with E-state index < -0.39 is 11.0 Å². The Morgan fingerprint density at radius 3 is 2.57 bits per heavy atom. The van der Waals surface area contributed by atoms with Gasteiger partial charge in [0, 0.05) is 7.11 Å². The van der Waals surface area contributed by atoms with Crippen LogP contribution in [0.2, 0.25) is 0 Å². The van der Waals surface area contributed by atoms with Crippen LogP contribution in [0, 0.1) is 0 Å². The molecule has 0 bridgehead atoms. The van der Waals surface area contributed by atoms with Crippen LogP contribution in [0.5, 0.6) is 0 Å². The van der Waals surface area contributed by atoms with Crippen molar-refractivity contribution in [1.29, 1.82) is 0 Å². The van der Waals surface area contributed by atoms with E-state index in [0.29, 0.717) is 12.5 Å². The minimum atomic E-state index is -0.749. The second-order valence-corrected chi connectivity index (χ2v) is 2.83. The fraction of sp³-hybridized carbons (Fsp3) is 1.00. The Labute approximate surface area is 47.6 Å². The van der Waals surface area contributed by atoms with E-state index in [-0.39, 0.29) is 0 Å². The summed E-state index contributed by atoms with van der Waals surface area (Å²) in [6.07, 6.45) is 0. The van der Waals surface area contributed by atoms with Gasteiger partial charge < -0.3 is 9.21 Å². The van der Waals surface area contributed by atoms with E-state index in [1.54, 1.807) is 7.11 Å². The molecule has 0 radical (unpaired) electrons. The van der Waals surface area contributed by atoms with Crippen molar-refractivity contribution in [3.05, 3.63) is 0 Å². The summed E-state index contributed by atoms with van der Waals surface area (Å²) in [6, 6.07) is 0. The average Bonchev–Trinajstić information content (AvgIpc) is 1.68. The van der Waals surface area contributed by atoms with Gasteiger partial charge in [0.25, 0.3) is 0 Å². The highest BCUT2D eigenvalue weighted by Crippen LogP contribution is 1.83. The van der Waals surface area contributed by atoms with Crippen molar-refractivity contribution < 1.29 is 9.21 Å². The van der Waals surface area contributed by atoms with E-state index in [1.807, 2.05) is 6.92 Å². The number of rotatable bonds is 3. The fourth-order valence-corrected chi connectivity index (χ4v) is 0.644. The third kappa shape index (κ3) is 4.18. The van der Waals surface area contributed by atoms with Gasteiger partial charge >= 0.3 is 6.76 Å². The predicted octanol–water partition coefficient (Wildman–Crippen LogP) is -0.332. The minimum absolute atomic E-state index is 0.372. The van der Waals surface area contributed by atoms with E-state index in [1.165, 1.54) is 0 Å². The van der Waals surface area contributed by atoms with Crippen molar-refractivity contribution in [2.45, 2.75) is 6.92 Å². The van der Waals surface area contributed by atoms with Crippen molar-refractivity contribution in [1.82, 2.24) is 0 Å². The first-order valence-corrected chi connectivity index (χ1v) is 3.64. The highest BCUT2D eigenvalue weighted by atomic mass is 32.2. The Kier molecular flexibility index (Phi) is 4.71. The largest absolute Gasteiger partial charge is 0.633 e. The molecule has 0 aromatic carbocycles. The topological polar surface area (TPSA) is 32.3 Å². The number of hydrogen-bond acceptors (Lipinski definition) is 2. The van der Waals surface area contributed by atoms with Crippen molar-refractivity contribution in [2.75, 3.05) is 12.9 Å². The summed E-state index contributed by atoms with van der Waals surface area (Å²) in [5.74, 6) is 0.688. The molecule has 1 atom stereocenters. The first kappa shape index (κ1) is 7.33. The van der Waals surface area contributed by atoms with Crippen LogP contribution in [0.25, 0.3) is 0 Å². The molecule has 0 N–H and O–H groups in total. The van der Waals surface area contributed by atoms with Gasteiger partial charge in [0.15, 0.2) is 0 Å². The molecule has 0 aromatic heterocycles. The molecule has 1 unspecified atom stereocenters.